The zero-order chi connectivity index (χ0) is 22.6. The second-order valence-electron chi connectivity index (χ2n) is 8.55. The number of carbonyl (C=O) groups is 1. The third-order valence-electron chi connectivity index (χ3n) is 6.34. The molecule has 0 aromatic heterocycles. The maximum atomic E-state index is 13.2. The van der Waals surface area contributed by atoms with Crippen LogP contribution in [0.1, 0.15) is 43.2 Å². The first-order chi connectivity index (χ1) is 15.4. The van der Waals surface area contributed by atoms with Crippen molar-refractivity contribution in [2.24, 2.45) is 0 Å². The van der Waals surface area contributed by atoms with Gasteiger partial charge in [0.15, 0.2) is 0 Å². The number of rotatable bonds is 7. The van der Waals surface area contributed by atoms with Gasteiger partial charge in [0.1, 0.15) is 11.9 Å². The van der Waals surface area contributed by atoms with Gasteiger partial charge in [-0.05, 0) is 74.2 Å². The third-order valence-corrected chi connectivity index (χ3v) is 8.26. The second kappa shape index (κ2) is 10.1. The lowest BCUT2D eigenvalue weighted by Gasteiger charge is -2.27. The van der Waals surface area contributed by atoms with Crippen LogP contribution in [0.2, 0.25) is 0 Å². The summed E-state index contributed by atoms with van der Waals surface area (Å²) in [7, 11) is -3.86. The van der Waals surface area contributed by atoms with Crippen LogP contribution < -0.4 is 5.32 Å². The summed E-state index contributed by atoms with van der Waals surface area (Å²) >= 11 is 0. The Kier molecular flexibility index (Phi) is 7.23. The van der Waals surface area contributed by atoms with Crippen LogP contribution in [-0.4, -0.2) is 49.2 Å². The molecule has 0 saturated carbocycles. The zero-order valence-corrected chi connectivity index (χ0v) is 19.0. The summed E-state index contributed by atoms with van der Waals surface area (Å²) in [6, 6.07) is 12.1. The van der Waals surface area contributed by atoms with Gasteiger partial charge in [0.05, 0.1) is 4.90 Å². The van der Waals surface area contributed by atoms with Crippen LogP contribution in [0.5, 0.6) is 0 Å². The minimum atomic E-state index is -3.86. The van der Waals surface area contributed by atoms with Crippen LogP contribution in [0.25, 0.3) is 0 Å². The minimum absolute atomic E-state index is 0.00507. The Morgan fingerprint density at radius 1 is 0.938 bits per heavy atom. The van der Waals surface area contributed by atoms with E-state index in [0.717, 1.165) is 37.3 Å². The number of halogens is 1. The van der Waals surface area contributed by atoms with E-state index in [2.05, 4.69) is 16.3 Å². The van der Waals surface area contributed by atoms with E-state index < -0.39 is 21.9 Å². The Morgan fingerprint density at radius 2 is 1.62 bits per heavy atom. The third kappa shape index (κ3) is 5.19. The fraction of sp³-hybridized carbons (Fsp3) is 0.458. The lowest BCUT2D eigenvalue weighted by atomic mass is 10.0. The summed E-state index contributed by atoms with van der Waals surface area (Å²) in [5.41, 5.74) is 2.24. The average Bonchev–Trinajstić information content (AvgIpc) is 3.30. The zero-order valence-electron chi connectivity index (χ0n) is 18.2. The van der Waals surface area contributed by atoms with Crippen molar-refractivity contribution >= 4 is 15.9 Å². The van der Waals surface area contributed by atoms with Crippen LogP contribution in [0, 0.1) is 5.82 Å². The van der Waals surface area contributed by atoms with Gasteiger partial charge in [0.2, 0.25) is 15.9 Å². The standard InChI is InChI=1S/C24H30FN3O3S/c25-21-10-12-22(13-11-21)32(30,31)28-16-6-9-23(28)24(29)26-17-19-7-2-3-8-20(19)18-27-14-4-1-5-15-27/h2-3,7-8,10-13,23H,1,4-6,9,14-18H2,(H,26,29)/t23-/m1/s1. The number of amides is 1. The van der Waals surface area contributed by atoms with Gasteiger partial charge < -0.3 is 5.32 Å². The summed E-state index contributed by atoms with van der Waals surface area (Å²) in [6.45, 7) is 3.70. The van der Waals surface area contributed by atoms with Crippen LogP contribution >= 0.6 is 0 Å². The summed E-state index contributed by atoms with van der Waals surface area (Å²) in [4.78, 5) is 15.4. The largest absolute Gasteiger partial charge is 0.351 e. The molecule has 32 heavy (non-hydrogen) atoms. The van der Waals surface area contributed by atoms with Gasteiger partial charge >= 0.3 is 0 Å². The van der Waals surface area contributed by atoms with Crippen molar-refractivity contribution in [3.05, 3.63) is 65.5 Å². The number of benzene rings is 2. The first-order valence-corrected chi connectivity index (χ1v) is 12.7. The summed E-state index contributed by atoms with van der Waals surface area (Å²) in [5, 5.41) is 2.96. The van der Waals surface area contributed by atoms with Gasteiger partial charge in [-0.15, -0.1) is 0 Å². The van der Waals surface area contributed by atoms with Gasteiger partial charge in [-0.2, -0.15) is 4.31 Å². The van der Waals surface area contributed by atoms with Gasteiger partial charge in [-0.3, -0.25) is 9.69 Å². The first-order valence-electron chi connectivity index (χ1n) is 11.3. The van der Waals surface area contributed by atoms with Crippen molar-refractivity contribution in [1.82, 2.24) is 14.5 Å². The highest BCUT2D eigenvalue weighted by Gasteiger charge is 2.39. The highest BCUT2D eigenvalue weighted by atomic mass is 32.2. The Balaban J connectivity index is 1.42. The van der Waals surface area contributed by atoms with E-state index in [-0.39, 0.29) is 17.3 Å². The van der Waals surface area contributed by atoms with Crippen molar-refractivity contribution < 1.29 is 17.6 Å². The lowest BCUT2D eigenvalue weighted by molar-refractivity contribution is -0.124. The summed E-state index contributed by atoms with van der Waals surface area (Å²) in [5.74, 6) is -0.788. The molecule has 2 aliphatic rings. The molecule has 1 N–H and O–H groups in total. The second-order valence-corrected chi connectivity index (χ2v) is 10.4. The summed E-state index contributed by atoms with van der Waals surface area (Å²) < 4.78 is 40.5. The molecule has 0 bridgehead atoms. The number of likely N-dealkylation sites (tertiary alicyclic amines) is 1. The first kappa shape index (κ1) is 22.9. The molecule has 2 saturated heterocycles. The molecule has 4 rings (SSSR count). The SMILES string of the molecule is O=C(NCc1ccccc1CN1CCCCC1)[C@H]1CCCN1S(=O)(=O)c1ccc(F)cc1. The predicted octanol–water partition coefficient (Wildman–Crippen LogP) is 3.28. The number of nitrogens with one attached hydrogen (secondary N) is 1. The van der Waals surface area contributed by atoms with E-state index in [4.69, 9.17) is 0 Å². The number of hydrogen-bond donors (Lipinski definition) is 1. The molecular weight excluding hydrogens is 429 g/mol. The van der Waals surface area contributed by atoms with Crippen LogP contribution in [0.15, 0.2) is 53.4 Å². The Labute approximate surface area is 189 Å². The number of carbonyl (C=O) groups excluding carboxylic acids is 1. The molecular formula is C24H30FN3O3S. The molecule has 2 fully saturated rings. The highest BCUT2D eigenvalue weighted by Crippen LogP contribution is 2.26. The molecule has 8 heteroatoms. The highest BCUT2D eigenvalue weighted by molar-refractivity contribution is 7.89. The molecule has 0 unspecified atom stereocenters. The van der Waals surface area contributed by atoms with Crippen molar-refractivity contribution in [3.8, 4) is 0 Å². The molecule has 2 aromatic carbocycles. The van der Waals surface area contributed by atoms with Gasteiger partial charge in [-0.1, -0.05) is 30.7 Å². The lowest BCUT2D eigenvalue weighted by Crippen LogP contribution is -2.45. The number of piperidine rings is 1. The monoisotopic (exact) mass is 459 g/mol. The summed E-state index contributed by atoms with van der Waals surface area (Å²) in [6.07, 6.45) is 4.82. The fourth-order valence-corrected chi connectivity index (χ4v) is 6.23. The Bertz CT molecular complexity index is 1040. The van der Waals surface area contributed by atoms with Gasteiger partial charge in [-0.25, -0.2) is 12.8 Å². The van der Waals surface area contributed by atoms with E-state index >= 15 is 0 Å². The van der Waals surface area contributed by atoms with E-state index in [9.17, 15) is 17.6 Å². The maximum absolute atomic E-state index is 13.2. The van der Waals surface area contributed by atoms with E-state index in [1.165, 1.54) is 41.3 Å². The molecule has 1 atom stereocenters. The molecule has 0 spiro atoms. The Hall–Kier alpha value is -2.29. The molecule has 6 nitrogen and oxygen atoms in total. The van der Waals surface area contributed by atoms with Crippen LogP contribution in [0.3, 0.4) is 0 Å². The molecule has 2 heterocycles. The molecule has 0 aliphatic carbocycles. The number of hydrogen-bond acceptors (Lipinski definition) is 4. The van der Waals surface area contributed by atoms with E-state index in [1.54, 1.807) is 0 Å². The number of sulfonamides is 1. The molecule has 172 valence electrons. The molecule has 1 amide bonds. The van der Waals surface area contributed by atoms with Crippen LogP contribution in [-0.2, 0) is 27.9 Å². The predicted molar refractivity (Wildman–Crippen MR) is 121 cm³/mol. The van der Waals surface area contributed by atoms with E-state index in [1.807, 2.05) is 18.2 Å². The van der Waals surface area contributed by atoms with Crippen molar-refractivity contribution in [2.75, 3.05) is 19.6 Å². The topological polar surface area (TPSA) is 69.7 Å². The van der Waals surface area contributed by atoms with Gasteiger partial charge in [0, 0.05) is 19.6 Å². The van der Waals surface area contributed by atoms with Crippen molar-refractivity contribution in [2.45, 2.75) is 56.1 Å². The molecule has 0 radical (unpaired) electrons. The van der Waals surface area contributed by atoms with E-state index in [0.29, 0.717) is 19.4 Å². The van der Waals surface area contributed by atoms with Crippen molar-refractivity contribution in [1.29, 1.82) is 0 Å². The normalized spacial score (nSPS) is 20.3. The quantitative estimate of drug-likeness (QED) is 0.690. The number of nitrogens with zero attached hydrogens (tertiary/aromatic N) is 2. The maximum Gasteiger partial charge on any atom is 0.243 e. The molecule has 2 aliphatic heterocycles. The minimum Gasteiger partial charge on any atom is -0.351 e. The van der Waals surface area contributed by atoms with Crippen molar-refractivity contribution in [3.63, 3.8) is 0 Å². The van der Waals surface area contributed by atoms with Crippen LogP contribution in [0.4, 0.5) is 4.39 Å². The average molecular weight is 460 g/mol. The molecule has 2 aromatic rings. The Morgan fingerprint density at radius 3 is 2.34 bits per heavy atom. The fourth-order valence-electron chi connectivity index (χ4n) is 4.57. The van der Waals surface area contributed by atoms with Gasteiger partial charge in [0.25, 0.3) is 0 Å². The smallest absolute Gasteiger partial charge is 0.243 e.